The van der Waals surface area contributed by atoms with Gasteiger partial charge >= 0.3 is 0 Å². The second-order valence-corrected chi connectivity index (χ2v) is 6.40. The van der Waals surface area contributed by atoms with Crippen LogP contribution in [0.1, 0.15) is 6.42 Å². The van der Waals surface area contributed by atoms with E-state index in [-0.39, 0.29) is 6.17 Å². The third-order valence-corrected chi connectivity index (χ3v) is 5.15. The molecule has 0 radical (unpaired) electrons. The maximum Gasteiger partial charge on any atom is 0.169 e. The van der Waals surface area contributed by atoms with E-state index in [0.29, 0.717) is 0 Å². The quantitative estimate of drug-likeness (QED) is 0.707. The first-order chi connectivity index (χ1) is 10.8. The van der Waals surface area contributed by atoms with E-state index in [2.05, 4.69) is 51.3 Å². The number of hydrogen-bond donors (Lipinski definition) is 0. The highest BCUT2D eigenvalue weighted by Gasteiger charge is 2.38. The van der Waals surface area contributed by atoms with E-state index in [1.54, 1.807) is 0 Å². The zero-order chi connectivity index (χ0) is 14.7. The van der Waals surface area contributed by atoms with Crippen molar-refractivity contribution in [3.8, 4) is 0 Å². The summed E-state index contributed by atoms with van der Waals surface area (Å²) in [4.78, 5) is 12.0. The Morgan fingerprint density at radius 2 is 2.05 bits per heavy atom. The lowest BCUT2D eigenvalue weighted by Crippen LogP contribution is -2.37. The molecule has 0 aromatic heterocycles. The number of para-hydroxylation sites is 2. The Kier molecular flexibility index (Phi) is 2.47. The van der Waals surface area contributed by atoms with Crippen LogP contribution in [-0.2, 0) is 0 Å². The fraction of sp³-hybridized carbons (Fsp3) is 0.111. The molecule has 106 valence electrons. The largest absolute Gasteiger partial charge is 0.319 e. The van der Waals surface area contributed by atoms with Crippen LogP contribution in [0.5, 0.6) is 0 Å². The summed E-state index contributed by atoms with van der Waals surface area (Å²) in [6.45, 7) is 0. The zero-order valence-electron chi connectivity index (χ0n) is 11.7. The molecule has 1 unspecified atom stereocenters. The average molecular weight is 350 g/mol. The number of rotatable bonds is 0. The van der Waals surface area contributed by atoms with Gasteiger partial charge in [0.25, 0.3) is 0 Å². The Balaban J connectivity index is 1.79. The van der Waals surface area contributed by atoms with E-state index in [0.717, 1.165) is 27.3 Å². The molecule has 1 aromatic rings. The first kappa shape index (κ1) is 12.4. The number of allylic oxidation sites excluding steroid dienone is 7. The summed E-state index contributed by atoms with van der Waals surface area (Å²) in [6, 6.07) is 8.05. The number of fused-ring (bicyclic) bond motifs is 5. The van der Waals surface area contributed by atoms with Gasteiger partial charge in [-0.05, 0) is 51.7 Å². The van der Waals surface area contributed by atoms with Gasteiger partial charge < -0.3 is 4.90 Å². The molecule has 0 N–H and O–H groups in total. The van der Waals surface area contributed by atoms with Gasteiger partial charge in [0.15, 0.2) is 6.17 Å². The van der Waals surface area contributed by atoms with Gasteiger partial charge in [-0.2, -0.15) is 0 Å². The van der Waals surface area contributed by atoms with E-state index >= 15 is 0 Å². The molecule has 22 heavy (non-hydrogen) atoms. The summed E-state index contributed by atoms with van der Waals surface area (Å²) in [5, 5.41) is 1.90. The molecular weight excluding hydrogens is 338 g/mol. The van der Waals surface area contributed by atoms with E-state index in [1.807, 2.05) is 24.3 Å². The summed E-state index contributed by atoms with van der Waals surface area (Å²) in [5.41, 5.74) is 4.83. The fourth-order valence-electron chi connectivity index (χ4n) is 3.33. The van der Waals surface area contributed by atoms with Crippen molar-refractivity contribution in [2.24, 2.45) is 9.98 Å². The van der Waals surface area contributed by atoms with Crippen LogP contribution in [0.15, 0.2) is 91.8 Å². The molecule has 0 saturated heterocycles. The van der Waals surface area contributed by atoms with Crippen LogP contribution in [0.25, 0.3) is 0 Å². The number of benzene rings is 1. The minimum atomic E-state index is -0.0597. The minimum absolute atomic E-state index is 0.0597. The third kappa shape index (κ3) is 1.56. The molecule has 4 aliphatic rings. The molecule has 0 spiro atoms. The van der Waals surface area contributed by atoms with E-state index in [1.165, 1.54) is 16.8 Å². The van der Waals surface area contributed by atoms with Crippen molar-refractivity contribution >= 4 is 15.9 Å². The molecule has 3 nitrogen and oxygen atoms in total. The maximum absolute atomic E-state index is 4.90. The molecule has 0 bridgehead atoms. The summed E-state index contributed by atoms with van der Waals surface area (Å²) < 4.78 is 1.07. The van der Waals surface area contributed by atoms with Crippen molar-refractivity contribution < 1.29 is 0 Å². The van der Waals surface area contributed by atoms with Crippen LogP contribution in [0.3, 0.4) is 0 Å². The van der Waals surface area contributed by atoms with E-state index in [9.17, 15) is 0 Å². The van der Waals surface area contributed by atoms with Gasteiger partial charge in [0.1, 0.15) is 5.70 Å². The minimum Gasteiger partial charge on any atom is -0.319 e. The molecule has 0 amide bonds. The molecule has 0 saturated carbocycles. The Labute approximate surface area is 136 Å². The van der Waals surface area contributed by atoms with Crippen LogP contribution >= 0.6 is 15.9 Å². The molecule has 0 fully saturated rings. The first-order valence-corrected chi connectivity index (χ1v) is 8.11. The van der Waals surface area contributed by atoms with E-state index < -0.39 is 0 Å². The molecule has 4 heteroatoms. The van der Waals surface area contributed by atoms with Gasteiger partial charge in [-0.1, -0.05) is 30.4 Å². The highest BCUT2D eigenvalue weighted by molar-refractivity contribution is 9.12. The smallest absolute Gasteiger partial charge is 0.169 e. The summed E-state index contributed by atoms with van der Waals surface area (Å²) >= 11 is 3.78. The molecule has 1 aromatic carbocycles. The SMILES string of the molecule is BrC1=C2N=c3ccccc3=NC2N2C=CC3=CC=CCC3=C12. The van der Waals surface area contributed by atoms with Gasteiger partial charge in [-0.25, -0.2) is 4.99 Å². The first-order valence-electron chi connectivity index (χ1n) is 7.31. The molecule has 5 rings (SSSR count). The Morgan fingerprint density at radius 1 is 1.18 bits per heavy atom. The summed E-state index contributed by atoms with van der Waals surface area (Å²) in [5.74, 6) is 0. The van der Waals surface area contributed by atoms with E-state index in [4.69, 9.17) is 9.98 Å². The van der Waals surface area contributed by atoms with Gasteiger partial charge in [0, 0.05) is 6.20 Å². The molecule has 3 heterocycles. The standard InChI is InChI=1S/C18H12BrN3/c19-15-16-18(21-14-8-4-3-7-13(14)20-16)22-10-9-11-5-1-2-6-12(11)17(15)22/h1-5,7-10,18H,6H2. The third-order valence-electron chi connectivity index (χ3n) is 4.37. The van der Waals surface area contributed by atoms with Crippen molar-refractivity contribution in [2.75, 3.05) is 0 Å². The predicted molar refractivity (Wildman–Crippen MR) is 88.3 cm³/mol. The van der Waals surface area contributed by atoms with Crippen molar-refractivity contribution in [2.45, 2.75) is 12.6 Å². The Hall–Kier alpha value is -2.20. The van der Waals surface area contributed by atoms with Crippen LogP contribution in [-0.4, -0.2) is 11.1 Å². The lowest BCUT2D eigenvalue weighted by molar-refractivity contribution is 0.402. The van der Waals surface area contributed by atoms with Gasteiger partial charge in [-0.15, -0.1) is 0 Å². The molecule has 1 aliphatic carbocycles. The topological polar surface area (TPSA) is 28.0 Å². The van der Waals surface area contributed by atoms with Crippen LogP contribution in [0.2, 0.25) is 0 Å². The average Bonchev–Trinajstić information content (AvgIpc) is 2.85. The highest BCUT2D eigenvalue weighted by atomic mass is 79.9. The highest BCUT2D eigenvalue weighted by Crippen LogP contribution is 2.45. The Morgan fingerprint density at radius 3 is 2.95 bits per heavy atom. The van der Waals surface area contributed by atoms with Gasteiger partial charge in [0.2, 0.25) is 0 Å². The van der Waals surface area contributed by atoms with Crippen LogP contribution in [0, 0.1) is 0 Å². The van der Waals surface area contributed by atoms with Crippen LogP contribution < -0.4 is 10.7 Å². The molecule has 1 atom stereocenters. The second-order valence-electron chi connectivity index (χ2n) is 5.61. The number of nitrogens with zero attached hydrogens (tertiary/aromatic N) is 3. The summed E-state index contributed by atoms with van der Waals surface area (Å²) in [7, 11) is 0. The molecular formula is C18H12BrN3. The second kappa shape index (κ2) is 4.40. The molecule has 3 aliphatic heterocycles. The lowest BCUT2D eigenvalue weighted by atomic mass is 9.94. The zero-order valence-corrected chi connectivity index (χ0v) is 13.3. The van der Waals surface area contributed by atoms with Crippen molar-refractivity contribution in [3.63, 3.8) is 0 Å². The lowest BCUT2D eigenvalue weighted by Gasteiger charge is -2.29. The van der Waals surface area contributed by atoms with Crippen molar-refractivity contribution in [1.82, 2.24) is 4.90 Å². The Bertz CT molecular complexity index is 976. The fourth-order valence-corrected chi connectivity index (χ4v) is 4.07. The van der Waals surface area contributed by atoms with Gasteiger partial charge in [-0.3, -0.25) is 4.99 Å². The normalized spacial score (nSPS) is 24.1. The van der Waals surface area contributed by atoms with Crippen LogP contribution in [0.4, 0.5) is 0 Å². The monoisotopic (exact) mass is 349 g/mol. The van der Waals surface area contributed by atoms with Gasteiger partial charge in [0.05, 0.1) is 20.9 Å². The van der Waals surface area contributed by atoms with Crippen molar-refractivity contribution in [1.29, 1.82) is 0 Å². The van der Waals surface area contributed by atoms with Crippen molar-refractivity contribution in [3.05, 3.63) is 92.5 Å². The number of hydrogen-bond acceptors (Lipinski definition) is 3. The predicted octanol–water partition coefficient (Wildman–Crippen LogP) is 2.86. The summed E-state index contributed by atoms with van der Waals surface area (Å²) in [6.07, 6.45) is 11.7. The maximum atomic E-state index is 4.90. The number of halogens is 1.